The van der Waals surface area contributed by atoms with Gasteiger partial charge in [-0.1, -0.05) is 45.7 Å². The minimum Gasteiger partial charge on any atom is -0.342 e. The van der Waals surface area contributed by atoms with E-state index in [0.29, 0.717) is 22.7 Å². The quantitative estimate of drug-likeness (QED) is 0.336. The van der Waals surface area contributed by atoms with Gasteiger partial charge in [-0.3, -0.25) is 4.79 Å². The third kappa shape index (κ3) is 3.65. The number of anilines is 1. The van der Waals surface area contributed by atoms with E-state index in [4.69, 9.17) is 16.9 Å². The Labute approximate surface area is 192 Å². The lowest BCUT2D eigenvalue weighted by Crippen LogP contribution is -2.03. The van der Waals surface area contributed by atoms with E-state index < -0.39 is 0 Å². The van der Waals surface area contributed by atoms with Crippen molar-refractivity contribution in [1.82, 2.24) is 4.57 Å². The largest absolute Gasteiger partial charge is 0.342 e. The SMILES string of the molecule is N#Cc1ccc(Cn2cc(/C=C3/C(=O)Nc4cc(Cl)ccc43)c3cc(Br)ccc32)cc1. The molecular formula is C25H15BrClN3O. The van der Waals surface area contributed by atoms with Crippen molar-refractivity contribution in [3.05, 3.63) is 98.6 Å². The molecule has 0 bridgehead atoms. The number of halogens is 2. The summed E-state index contributed by atoms with van der Waals surface area (Å²) < 4.78 is 3.13. The highest BCUT2D eigenvalue weighted by atomic mass is 79.9. The maximum atomic E-state index is 12.6. The molecule has 4 nitrogen and oxygen atoms in total. The molecule has 0 unspecified atom stereocenters. The monoisotopic (exact) mass is 487 g/mol. The lowest BCUT2D eigenvalue weighted by molar-refractivity contribution is -0.110. The molecule has 1 amide bonds. The summed E-state index contributed by atoms with van der Waals surface area (Å²) in [5.41, 5.74) is 5.94. The molecule has 3 aromatic carbocycles. The zero-order chi connectivity index (χ0) is 21.5. The van der Waals surface area contributed by atoms with Crippen molar-refractivity contribution < 1.29 is 4.79 Å². The number of fused-ring (bicyclic) bond motifs is 2. The number of hydrogen-bond acceptors (Lipinski definition) is 2. The summed E-state index contributed by atoms with van der Waals surface area (Å²) in [5, 5.41) is 13.5. The van der Waals surface area contributed by atoms with Gasteiger partial charge in [0.2, 0.25) is 0 Å². The maximum Gasteiger partial charge on any atom is 0.256 e. The van der Waals surface area contributed by atoms with Crippen LogP contribution in [0.25, 0.3) is 22.6 Å². The molecule has 0 saturated carbocycles. The average Bonchev–Trinajstić information content (AvgIpc) is 3.25. The van der Waals surface area contributed by atoms with Crippen LogP contribution in [-0.2, 0) is 11.3 Å². The van der Waals surface area contributed by atoms with E-state index in [2.05, 4.69) is 50.2 Å². The number of hydrogen-bond donors (Lipinski definition) is 1. The van der Waals surface area contributed by atoms with Gasteiger partial charge in [0.1, 0.15) is 0 Å². The van der Waals surface area contributed by atoms with Gasteiger partial charge < -0.3 is 9.88 Å². The number of amides is 1. The summed E-state index contributed by atoms with van der Waals surface area (Å²) in [6.45, 7) is 0.658. The van der Waals surface area contributed by atoms with E-state index in [0.717, 1.165) is 37.8 Å². The summed E-state index contributed by atoms with van der Waals surface area (Å²) in [7, 11) is 0. The van der Waals surface area contributed by atoms with Gasteiger partial charge in [0.15, 0.2) is 0 Å². The fraction of sp³-hybridized carbons (Fsp3) is 0.0400. The molecule has 0 aliphatic carbocycles. The van der Waals surface area contributed by atoms with E-state index in [1.54, 1.807) is 12.1 Å². The zero-order valence-corrected chi connectivity index (χ0v) is 18.5. The average molecular weight is 489 g/mol. The number of rotatable bonds is 3. The van der Waals surface area contributed by atoms with E-state index in [9.17, 15) is 4.79 Å². The van der Waals surface area contributed by atoms with Gasteiger partial charge in [-0.2, -0.15) is 5.26 Å². The lowest BCUT2D eigenvalue weighted by atomic mass is 10.0. The topological polar surface area (TPSA) is 57.8 Å². The van der Waals surface area contributed by atoms with Crippen molar-refractivity contribution in [2.45, 2.75) is 6.54 Å². The zero-order valence-electron chi connectivity index (χ0n) is 16.2. The van der Waals surface area contributed by atoms with Gasteiger partial charge >= 0.3 is 0 Å². The standard InChI is InChI=1S/C25H15BrClN3O/c26-18-5-8-24-21(10-18)17(14-30(24)13-16-3-1-15(12-28)2-4-16)9-22-20-7-6-19(27)11-23(20)29-25(22)31/h1-11,14H,13H2,(H,29,31)/b22-9+. The van der Waals surface area contributed by atoms with Gasteiger partial charge in [0.25, 0.3) is 5.91 Å². The molecular weight excluding hydrogens is 474 g/mol. The highest BCUT2D eigenvalue weighted by Gasteiger charge is 2.24. The fourth-order valence-corrected chi connectivity index (χ4v) is 4.42. The van der Waals surface area contributed by atoms with Crippen molar-refractivity contribution in [3.8, 4) is 6.07 Å². The van der Waals surface area contributed by atoms with Gasteiger partial charge in [0, 0.05) is 49.8 Å². The Hall–Kier alpha value is -3.33. The molecule has 5 rings (SSSR count). The Morgan fingerprint density at radius 2 is 1.90 bits per heavy atom. The number of nitrogens with zero attached hydrogens (tertiary/aromatic N) is 2. The molecule has 150 valence electrons. The first-order valence-corrected chi connectivity index (χ1v) is 10.8. The second kappa shape index (κ2) is 7.73. The minimum absolute atomic E-state index is 0.139. The number of carbonyl (C=O) groups excluding carboxylic acids is 1. The summed E-state index contributed by atoms with van der Waals surface area (Å²) in [6, 6.07) is 21.3. The fourth-order valence-electron chi connectivity index (χ4n) is 3.89. The molecule has 0 fully saturated rings. The predicted octanol–water partition coefficient (Wildman–Crippen LogP) is 6.47. The molecule has 0 spiro atoms. The van der Waals surface area contributed by atoms with Crippen LogP contribution in [0.15, 0.2) is 71.3 Å². The van der Waals surface area contributed by atoms with Crippen LogP contribution in [0.2, 0.25) is 5.02 Å². The number of nitriles is 1. The normalized spacial score (nSPS) is 14.0. The molecule has 31 heavy (non-hydrogen) atoms. The van der Waals surface area contributed by atoms with Gasteiger partial charge in [-0.25, -0.2) is 0 Å². The maximum absolute atomic E-state index is 12.6. The summed E-state index contributed by atoms with van der Waals surface area (Å²) in [4.78, 5) is 12.6. The van der Waals surface area contributed by atoms with Crippen LogP contribution in [0.1, 0.15) is 22.3 Å². The summed E-state index contributed by atoms with van der Waals surface area (Å²) in [5.74, 6) is -0.139. The number of benzene rings is 3. The van der Waals surface area contributed by atoms with Crippen LogP contribution in [0.5, 0.6) is 0 Å². The molecule has 2 heterocycles. The molecule has 4 aromatic rings. The van der Waals surface area contributed by atoms with E-state index in [-0.39, 0.29) is 5.91 Å². The first kappa shape index (κ1) is 19.6. The van der Waals surface area contributed by atoms with Crippen LogP contribution in [0.4, 0.5) is 5.69 Å². The highest BCUT2D eigenvalue weighted by molar-refractivity contribution is 9.10. The van der Waals surface area contributed by atoms with E-state index in [1.165, 1.54) is 0 Å². The Bertz CT molecular complexity index is 1430. The third-order valence-electron chi connectivity index (χ3n) is 5.37. The molecule has 1 aromatic heterocycles. The lowest BCUT2D eigenvalue weighted by Gasteiger charge is -2.06. The molecule has 0 saturated heterocycles. The van der Waals surface area contributed by atoms with Crippen LogP contribution in [-0.4, -0.2) is 10.5 Å². The molecule has 1 aliphatic heterocycles. The van der Waals surface area contributed by atoms with Gasteiger partial charge in [0.05, 0.1) is 17.3 Å². The highest BCUT2D eigenvalue weighted by Crippen LogP contribution is 2.36. The second-order valence-electron chi connectivity index (χ2n) is 7.38. The van der Waals surface area contributed by atoms with Gasteiger partial charge in [-0.15, -0.1) is 0 Å². The van der Waals surface area contributed by atoms with Crippen molar-refractivity contribution in [1.29, 1.82) is 5.26 Å². The summed E-state index contributed by atoms with van der Waals surface area (Å²) >= 11 is 9.64. The number of aromatic nitrogens is 1. The van der Waals surface area contributed by atoms with Crippen molar-refractivity contribution in [3.63, 3.8) is 0 Å². The van der Waals surface area contributed by atoms with Crippen molar-refractivity contribution in [2.75, 3.05) is 5.32 Å². The predicted molar refractivity (Wildman–Crippen MR) is 128 cm³/mol. The molecule has 1 N–H and O–H groups in total. The molecule has 6 heteroatoms. The second-order valence-corrected chi connectivity index (χ2v) is 8.74. The third-order valence-corrected chi connectivity index (χ3v) is 6.10. The van der Waals surface area contributed by atoms with Crippen LogP contribution in [0.3, 0.4) is 0 Å². The van der Waals surface area contributed by atoms with E-state index >= 15 is 0 Å². The van der Waals surface area contributed by atoms with Crippen molar-refractivity contribution in [2.24, 2.45) is 0 Å². The van der Waals surface area contributed by atoms with Gasteiger partial charge in [-0.05, 0) is 54.1 Å². The molecule has 0 radical (unpaired) electrons. The van der Waals surface area contributed by atoms with E-state index in [1.807, 2.05) is 42.5 Å². The smallest absolute Gasteiger partial charge is 0.256 e. The number of nitrogens with one attached hydrogen (secondary N) is 1. The van der Waals surface area contributed by atoms with Crippen molar-refractivity contribution >= 4 is 61.7 Å². The minimum atomic E-state index is -0.139. The van der Waals surface area contributed by atoms with Crippen LogP contribution < -0.4 is 5.32 Å². The Kier molecular flexibility index (Phi) is 4.90. The van der Waals surface area contributed by atoms with Crippen LogP contribution in [0, 0.1) is 11.3 Å². The molecule has 1 aliphatic rings. The Balaban J connectivity index is 1.61. The number of carbonyl (C=O) groups is 1. The van der Waals surface area contributed by atoms with Crippen LogP contribution >= 0.6 is 27.5 Å². The first-order valence-electron chi connectivity index (χ1n) is 9.62. The molecule has 0 atom stereocenters. The Morgan fingerprint density at radius 3 is 2.68 bits per heavy atom. The first-order chi connectivity index (χ1) is 15.0. The summed E-state index contributed by atoms with van der Waals surface area (Å²) in [6.07, 6.45) is 3.99. The Morgan fingerprint density at radius 1 is 1.10 bits per heavy atom.